The molecule has 5 aliphatic rings. The molecule has 7 rings (SSSR count). The van der Waals surface area contributed by atoms with Crippen LogP contribution in [0.1, 0.15) is 44.1 Å². The Hall–Kier alpha value is -3.84. The van der Waals surface area contributed by atoms with Gasteiger partial charge in [0.1, 0.15) is 5.75 Å². The summed E-state index contributed by atoms with van der Waals surface area (Å²) in [6, 6.07) is 9.58. The van der Waals surface area contributed by atoms with E-state index in [9.17, 15) is 29.8 Å². The number of nitrogens with zero attached hydrogens (tertiary/aromatic N) is 3. The first-order chi connectivity index (χ1) is 19.1. The molecule has 5 fully saturated rings. The van der Waals surface area contributed by atoms with Crippen molar-refractivity contribution < 1.29 is 24.2 Å². The Morgan fingerprint density at radius 3 is 2.23 bits per heavy atom. The lowest BCUT2D eigenvalue weighted by atomic mass is 9.49. The van der Waals surface area contributed by atoms with Crippen molar-refractivity contribution >= 4 is 57.6 Å². The van der Waals surface area contributed by atoms with Crippen LogP contribution in [0.25, 0.3) is 6.08 Å². The molecule has 0 atom stereocenters. The second-order valence-corrected chi connectivity index (χ2v) is 12.7. The lowest BCUT2D eigenvalue weighted by Crippen LogP contribution is -2.57. The van der Waals surface area contributed by atoms with E-state index in [2.05, 4.69) is 5.43 Å². The van der Waals surface area contributed by atoms with E-state index >= 15 is 0 Å². The number of nitro benzene ring substituents is 2. The fourth-order valence-corrected chi connectivity index (χ4v) is 8.11. The number of ether oxygens (including phenoxy) is 1. The van der Waals surface area contributed by atoms with Gasteiger partial charge in [-0.05, 0) is 98.3 Å². The molecule has 11 nitrogen and oxygen atoms in total. The summed E-state index contributed by atoms with van der Waals surface area (Å²) in [4.78, 5) is 47.8. The minimum atomic E-state index is -0.749. The van der Waals surface area contributed by atoms with Crippen LogP contribution in [0.15, 0.2) is 47.4 Å². The second kappa shape index (κ2) is 9.97. The van der Waals surface area contributed by atoms with Crippen LogP contribution in [0, 0.1) is 43.4 Å². The Kier molecular flexibility index (Phi) is 6.57. The van der Waals surface area contributed by atoms with Gasteiger partial charge in [0.15, 0.2) is 4.32 Å². The van der Waals surface area contributed by atoms with Gasteiger partial charge in [-0.25, -0.2) is 0 Å². The van der Waals surface area contributed by atoms with Crippen molar-refractivity contribution in [2.45, 2.75) is 38.5 Å². The van der Waals surface area contributed by atoms with Gasteiger partial charge in [-0.3, -0.25) is 35.2 Å². The fourth-order valence-electron chi connectivity index (χ4n) is 6.93. The number of hydrogen-bond acceptors (Lipinski definition) is 9. The van der Waals surface area contributed by atoms with E-state index in [1.807, 2.05) is 0 Å². The average molecular weight is 581 g/mol. The zero-order chi connectivity index (χ0) is 28.2. The van der Waals surface area contributed by atoms with Gasteiger partial charge >= 0.3 is 5.69 Å². The van der Waals surface area contributed by atoms with Crippen LogP contribution in [0.4, 0.5) is 11.4 Å². The Labute approximate surface area is 238 Å². The smallest absolute Gasteiger partial charge is 0.318 e. The molecule has 13 heteroatoms. The van der Waals surface area contributed by atoms with Crippen LogP contribution < -0.4 is 10.2 Å². The fraction of sp³-hybridized carbons (Fsp3) is 0.370. The molecule has 40 heavy (non-hydrogen) atoms. The topological polar surface area (TPSA) is 145 Å². The van der Waals surface area contributed by atoms with Crippen LogP contribution in [-0.4, -0.2) is 31.0 Å². The number of thiocarbonyl (C=S) groups is 1. The zero-order valence-corrected chi connectivity index (χ0v) is 22.7. The number of hydrazine groups is 1. The monoisotopic (exact) mass is 580 g/mol. The minimum absolute atomic E-state index is 0.106. The number of nitrogens with one attached hydrogen (secondary N) is 1. The van der Waals surface area contributed by atoms with Gasteiger partial charge in [0.25, 0.3) is 11.6 Å². The molecule has 0 spiro atoms. The predicted octanol–water partition coefficient (Wildman–Crippen LogP) is 5.74. The van der Waals surface area contributed by atoms with E-state index < -0.39 is 32.5 Å². The van der Waals surface area contributed by atoms with Crippen LogP contribution in [0.2, 0.25) is 0 Å². The average Bonchev–Trinajstić information content (AvgIpc) is 3.16. The highest BCUT2D eigenvalue weighted by molar-refractivity contribution is 8.26. The molecule has 2 aromatic rings. The van der Waals surface area contributed by atoms with Crippen molar-refractivity contribution in [3.63, 3.8) is 0 Å². The molecule has 0 unspecified atom stereocenters. The summed E-state index contributed by atoms with van der Waals surface area (Å²) in [5.41, 5.74) is 2.14. The molecule has 206 valence electrons. The Morgan fingerprint density at radius 1 is 1.02 bits per heavy atom. The number of hydrogen-bond donors (Lipinski definition) is 1. The highest BCUT2D eigenvalue weighted by Crippen LogP contribution is 2.60. The Morgan fingerprint density at radius 2 is 1.65 bits per heavy atom. The van der Waals surface area contributed by atoms with Crippen molar-refractivity contribution in [3.05, 3.63) is 73.2 Å². The first-order valence-electron chi connectivity index (χ1n) is 12.9. The maximum atomic E-state index is 13.4. The van der Waals surface area contributed by atoms with Crippen molar-refractivity contribution in [3.8, 4) is 11.5 Å². The standard InChI is InChI=1S/C27H24N4O7S2/c32-24-23(40-26(39)29(24)28-25(33)27-12-16-7-17(13-27)9-18(8-16)14-27)10-15-1-4-20(5-2-15)38-22-6-3-19(30(34)35)11-21(22)31(36)37/h1-6,10-11,16-18H,7-9,12-14H2,(H,28,33)/b23-10+. The molecular formula is C27H24N4O7S2. The lowest BCUT2D eigenvalue weighted by molar-refractivity contribution is -0.394. The molecule has 0 radical (unpaired) electrons. The first-order valence-corrected chi connectivity index (χ1v) is 14.1. The third kappa shape index (κ3) is 4.83. The van der Waals surface area contributed by atoms with Gasteiger partial charge in [-0.1, -0.05) is 23.9 Å². The molecule has 4 saturated carbocycles. The number of thioether (sulfide) groups is 1. The van der Waals surface area contributed by atoms with E-state index in [-0.39, 0.29) is 21.7 Å². The number of carbonyl (C=O) groups is 2. The summed E-state index contributed by atoms with van der Waals surface area (Å²) in [5.74, 6) is 1.43. The lowest BCUT2D eigenvalue weighted by Gasteiger charge is -2.55. The first kappa shape index (κ1) is 26.4. The largest absolute Gasteiger partial charge is 0.450 e. The number of carbonyl (C=O) groups excluding carboxylic acids is 2. The van der Waals surface area contributed by atoms with Gasteiger partial charge in [0, 0.05) is 6.07 Å². The number of benzene rings is 2. The number of amides is 2. The maximum absolute atomic E-state index is 13.4. The van der Waals surface area contributed by atoms with E-state index in [1.165, 1.54) is 30.3 Å². The number of non-ortho nitro benzene ring substituents is 1. The SMILES string of the molecule is O=C1/C(=C\c2ccc(Oc3ccc([N+](=O)[O-])cc3[N+](=O)[O-])cc2)SC(=S)N1NC(=O)C12CC3CC(CC(C3)C1)C2. The van der Waals surface area contributed by atoms with Crippen LogP contribution in [0.3, 0.4) is 0 Å². The Bertz CT molecular complexity index is 1450. The summed E-state index contributed by atoms with van der Waals surface area (Å²) >= 11 is 6.52. The third-order valence-corrected chi connectivity index (χ3v) is 9.58. The molecule has 1 N–H and O–H groups in total. The molecule has 0 aromatic heterocycles. The highest BCUT2D eigenvalue weighted by atomic mass is 32.2. The summed E-state index contributed by atoms with van der Waals surface area (Å²) < 4.78 is 5.86. The quantitative estimate of drug-likeness (QED) is 0.187. The Balaban J connectivity index is 1.13. The summed E-state index contributed by atoms with van der Waals surface area (Å²) in [6.45, 7) is 0. The molecule has 1 saturated heterocycles. The van der Waals surface area contributed by atoms with E-state index in [1.54, 1.807) is 30.3 Å². The molecule has 2 aromatic carbocycles. The van der Waals surface area contributed by atoms with Gasteiger partial charge in [-0.2, -0.15) is 5.01 Å². The second-order valence-electron chi connectivity index (χ2n) is 11.0. The normalized spacial score (nSPS) is 27.8. The number of rotatable bonds is 7. The molecule has 1 aliphatic heterocycles. The van der Waals surface area contributed by atoms with Crippen LogP contribution in [0.5, 0.6) is 11.5 Å². The molecule has 1 heterocycles. The maximum Gasteiger partial charge on any atom is 0.318 e. The van der Waals surface area contributed by atoms with Gasteiger partial charge < -0.3 is 4.74 Å². The summed E-state index contributed by atoms with van der Waals surface area (Å²) in [6.07, 6.45) is 7.93. The number of nitro groups is 2. The molecule has 4 aliphatic carbocycles. The van der Waals surface area contributed by atoms with Crippen molar-refractivity contribution in [1.82, 2.24) is 10.4 Å². The predicted molar refractivity (Wildman–Crippen MR) is 150 cm³/mol. The van der Waals surface area contributed by atoms with Crippen molar-refractivity contribution in [2.24, 2.45) is 23.2 Å². The third-order valence-electron chi connectivity index (χ3n) is 8.28. The molecular weight excluding hydrogens is 556 g/mol. The summed E-state index contributed by atoms with van der Waals surface area (Å²) in [7, 11) is 0. The van der Waals surface area contributed by atoms with Crippen LogP contribution >= 0.6 is 24.0 Å². The van der Waals surface area contributed by atoms with E-state index in [0.29, 0.717) is 28.2 Å². The molecule has 2 amide bonds. The van der Waals surface area contributed by atoms with Gasteiger partial charge in [0.05, 0.1) is 26.2 Å². The summed E-state index contributed by atoms with van der Waals surface area (Å²) in [5, 5.41) is 23.5. The van der Waals surface area contributed by atoms with Gasteiger partial charge in [-0.15, -0.1) is 0 Å². The van der Waals surface area contributed by atoms with Crippen LogP contribution in [-0.2, 0) is 9.59 Å². The van der Waals surface area contributed by atoms with Crippen molar-refractivity contribution in [1.29, 1.82) is 0 Å². The minimum Gasteiger partial charge on any atom is -0.450 e. The van der Waals surface area contributed by atoms with Gasteiger partial charge in [0.2, 0.25) is 11.7 Å². The van der Waals surface area contributed by atoms with E-state index in [0.717, 1.165) is 43.2 Å². The zero-order valence-electron chi connectivity index (χ0n) is 21.1. The van der Waals surface area contributed by atoms with E-state index in [4.69, 9.17) is 17.0 Å². The molecule has 4 bridgehead atoms. The van der Waals surface area contributed by atoms with Crippen molar-refractivity contribution in [2.75, 3.05) is 0 Å². The highest BCUT2D eigenvalue weighted by Gasteiger charge is 2.55.